The van der Waals surface area contributed by atoms with Gasteiger partial charge in [-0.25, -0.2) is 0 Å². The van der Waals surface area contributed by atoms with Gasteiger partial charge < -0.3 is 5.73 Å². The molecule has 0 saturated heterocycles. The highest BCUT2D eigenvalue weighted by Gasteiger charge is 2.03. The zero-order valence-electron chi connectivity index (χ0n) is 7.40. The van der Waals surface area contributed by atoms with E-state index in [0.717, 1.165) is 15.9 Å². The van der Waals surface area contributed by atoms with E-state index in [4.69, 9.17) is 5.73 Å². The Bertz CT molecular complexity index is 613. The third-order valence-electron chi connectivity index (χ3n) is 2.37. The number of nitrogens with zero attached hydrogens (tertiary/aromatic N) is 1. The second kappa shape index (κ2) is 2.69. The van der Waals surface area contributed by atoms with E-state index in [2.05, 4.69) is 28.6 Å². The maximum absolute atomic E-state index is 5.82. The number of hydrogen-bond donors (Lipinski definition) is 1. The summed E-state index contributed by atoms with van der Waals surface area (Å²) >= 11 is 1.36. The number of hydrogen-bond acceptors (Lipinski definition) is 3. The van der Waals surface area contributed by atoms with Gasteiger partial charge in [0.1, 0.15) is 5.00 Å². The molecular weight excluding hydrogens is 192 g/mol. The van der Waals surface area contributed by atoms with Crippen molar-refractivity contribution in [2.24, 2.45) is 0 Å². The van der Waals surface area contributed by atoms with E-state index in [1.807, 2.05) is 12.1 Å². The largest absolute Gasteiger partial charge is 0.389 e. The fourth-order valence-corrected chi connectivity index (χ4v) is 2.26. The lowest BCUT2D eigenvalue weighted by Gasteiger charge is -1.96. The Morgan fingerprint density at radius 3 is 2.57 bits per heavy atom. The molecule has 68 valence electrons. The summed E-state index contributed by atoms with van der Waals surface area (Å²) in [5.74, 6) is 0. The molecule has 0 aliphatic rings. The Hall–Kier alpha value is -1.61. The zero-order valence-corrected chi connectivity index (χ0v) is 8.21. The number of rotatable bonds is 0. The summed E-state index contributed by atoms with van der Waals surface area (Å²) < 4.78 is 4.29. The fourth-order valence-electron chi connectivity index (χ4n) is 1.65. The minimum Gasteiger partial charge on any atom is -0.389 e. The van der Waals surface area contributed by atoms with Crippen molar-refractivity contribution in [2.45, 2.75) is 0 Å². The van der Waals surface area contributed by atoms with Crippen LogP contribution in [0.15, 0.2) is 36.4 Å². The predicted octanol–water partition coefficient (Wildman–Crippen LogP) is 3.03. The maximum atomic E-state index is 5.82. The van der Waals surface area contributed by atoms with Crippen molar-refractivity contribution in [1.29, 1.82) is 0 Å². The van der Waals surface area contributed by atoms with Crippen LogP contribution in [-0.2, 0) is 0 Å². The minimum absolute atomic E-state index is 0.797. The van der Waals surface area contributed by atoms with E-state index in [1.165, 1.54) is 22.3 Å². The monoisotopic (exact) mass is 200 g/mol. The molecule has 0 saturated carbocycles. The van der Waals surface area contributed by atoms with Gasteiger partial charge in [-0.15, -0.1) is 0 Å². The molecule has 14 heavy (non-hydrogen) atoms. The standard InChI is InChI=1S/C11H8N2S/c12-11-9-5-7-3-1-2-4-8(7)6-10(9)13-14-11/h1-6H,12H2. The highest BCUT2D eigenvalue weighted by molar-refractivity contribution is 7.11. The van der Waals surface area contributed by atoms with Crippen LogP contribution in [0.1, 0.15) is 0 Å². The van der Waals surface area contributed by atoms with Crippen molar-refractivity contribution in [2.75, 3.05) is 5.73 Å². The lowest BCUT2D eigenvalue weighted by Crippen LogP contribution is -1.79. The highest BCUT2D eigenvalue weighted by atomic mass is 32.1. The third kappa shape index (κ3) is 0.992. The van der Waals surface area contributed by atoms with Gasteiger partial charge in [0, 0.05) is 5.39 Å². The Balaban J connectivity index is 2.54. The average molecular weight is 200 g/mol. The smallest absolute Gasteiger partial charge is 0.114 e. The number of fused-ring (bicyclic) bond motifs is 2. The molecule has 3 heteroatoms. The molecule has 2 nitrogen and oxygen atoms in total. The Morgan fingerprint density at radius 2 is 1.79 bits per heavy atom. The van der Waals surface area contributed by atoms with Crippen molar-refractivity contribution < 1.29 is 0 Å². The molecule has 2 aromatic carbocycles. The number of nitrogen functional groups attached to an aromatic ring is 1. The van der Waals surface area contributed by atoms with Crippen LogP contribution >= 0.6 is 11.5 Å². The quantitative estimate of drug-likeness (QED) is 0.605. The van der Waals surface area contributed by atoms with Crippen molar-refractivity contribution in [1.82, 2.24) is 4.37 Å². The molecule has 0 radical (unpaired) electrons. The van der Waals surface area contributed by atoms with E-state index < -0.39 is 0 Å². The zero-order chi connectivity index (χ0) is 9.54. The Morgan fingerprint density at radius 1 is 1.07 bits per heavy atom. The maximum Gasteiger partial charge on any atom is 0.114 e. The van der Waals surface area contributed by atoms with Gasteiger partial charge in [0.2, 0.25) is 0 Å². The average Bonchev–Trinajstić information content (AvgIpc) is 2.57. The van der Waals surface area contributed by atoms with Crippen LogP contribution in [0, 0.1) is 0 Å². The van der Waals surface area contributed by atoms with Crippen LogP contribution in [0.25, 0.3) is 21.7 Å². The number of anilines is 1. The molecule has 1 heterocycles. The van der Waals surface area contributed by atoms with E-state index in [1.54, 1.807) is 0 Å². The first-order valence-electron chi connectivity index (χ1n) is 4.38. The molecule has 3 aromatic rings. The Kier molecular flexibility index (Phi) is 1.49. The molecule has 2 N–H and O–H groups in total. The van der Waals surface area contributed by atoms with Gasteiger partial charge in [0.25, 0.3) is 0 Å². The first kappa shape index (κ1) is 7.76. The predicted molar refractivity (Wildman–Crippen MR) is 61.5 cm³/mol. The first-order chi connectivity index (χ1) is 6.84. The minimum atomic E-state index is 0.797. The summed E-state index contributed by atoms with van der Waals surface area (Å²) in [5.41, 5.74) is 6.82. The van der Waals surface area contributed by atoms with E-state index in [-0.39, 0.29) is 0 Å². The third-order valence-corrected chi connectivity index (χ3v) is 3.08. The second-order valence-electron chi connectivity index (χ2n) is 3.26. The van der Waals surface area contributed by atoms with E-state index in [9.17, 15) is 0 Å². The second-order valence-corrected chi connectivity index (χ2v) is 4.07. The van der Waals surface area contributed by atoms with Crippen molar-refractivity contribution >= 4 is 38.2 Å². The highest BCUT2D eigenvalue weighted by Crippen LogP contribution is 2.28. The number of nitrogens with two attached hydrogens (primary N) is 1. The van der Waals surface area contributed by atoms with Gasteiger partial charge in [-0.3, -0.25) is 0 Å². The summed E-state index contributed by atoms with van der Waals surface area (Å²) in [6.45, 7) is 0. The van der Waals surface area contributed by atoms with Crippen molar-refractivity contribution in [3.05, 3.63) is 36.4 Å². The summed E-state index contributed by atoms with van der Waals surface area (Å²) in [7, 11) is 0. The number of benzene rings is 2. The molecule has 0 spiro atoms. The van der Waals surface area contributed by atoms with Crippen LogP contribution in [0.5, 0.6) is 0 Å². The molecular formula is C11H8N2S. The summed E-state index contributed by atoms with van der Waals surface area (Å²) in [6, 6.07) is 12.4. The van der Waals surface area contributed by atoms with Gasteiger partial charge in [-0.1, -0.05) is 24.3 Å². The summed E-state index contributed by atoms with van der Waals surface area (Å²) in [6.07, 6.45) is 0. The summed E-state index contributed by atoms with van der Waals surface area (Å²) in [5, 5.41) is 4.29. The lowest BCUT2D eigenvalue weighted by atomic mass is 10.1. The van der Waals surface area contributed by atoms with Gasteiger partial charge >= 0.3 is 0 Å². The summed E-state index contributed by atoms with van der Waals surface area (Å²) in [4.78, 5) is 0. The van der Waals surface area contributed by atoms with Crippen LogP contribution in [0.4, 0.5) is 5.00 Å². The molecule has 3 rings (SSSR count). The van der Waals surface area contributed by atoms with Crippen LogP contribution in [0.2, 0.25) is 0 Å². The molecule has 0 aliphatic carbocycles. The first-order valence-corrected chi connectivity index (χ1v) is 5.15. The van der Waals surface area contributed by atoms with Gasteiger partial charge in [0.05, 0.1) is 5.52 Å². The fraction of sp³-hybridized carbons (Fsp3) is 0. The molecule has 1 aromatic heterocycles. The van der Waals surface area contributed by atoms with Gasteiger partial charge in [-0.2, -0.15) is 4.37 Å². The van der Waals surface area contributed by atoms with Gasteiger partial charge in [0.15, 0.2) is 0 Å². The van der Waals surface area contributed by atoms with Crippen LogP contribution in [-0.4, -0.2) is 4.37 Å². The Labute approximate surface area is 85.1 Å². The SMILES string of the molecule is Nc1snc2cc3ccccc3cc12. The normalized spacial score (nSPS) is 11.1. The molecule has 0 atom stereocenters. The van der Waals surface area contributed by atoms with Gasteiger partial charge in [-0.05, 0) is 34.4 Å². The molecule has 0 unspecified atom stereocenters. The lowest BCUT2D eigenvalue weighted by molar-refractivity contribution is 1.68. The molecule has 0 bridgehead atoms. The topological polar surface area (TPSA) is 38.9 Å². The van der Waals surface area contributed by atoms with Crippen LogP contribution in [0.3, 0.4) is 0 Å². The van der Waals surface area contributed by atoms with Crippen LogP contribution < -0.4 is 5.73 Å². The van der Waals surface area contributed by atoms with Crippen molar-refractivity contribution in [3.63, 3.8) is 0 Å². The van der Waals surface area contributed by atoms with E-state index >= 15 is 0 Å². The molecule has 0 aliphatic heterocycles. The van der Waals surface area contributed by atoms with Crippen molar-refractivity contribution in [3.8, 4) is 0 Å². The molecule has 0 amide bonds. The van der Waals surface area contributed by atoms with E-state index in [0.29, 0.717) is 0 Å². The molecule has 0 fully saturated rings. The number of aromatic nitrogens is 1.